The number of hydrogen-bond donors (Lipinski definition) is 4. The van der Waals surface area contributed by atoms with E-state index in [2.05, 4.69) is 10.6 Å². The highest BCUT2D eigenvalue weighted by molar-refractivity contribution is 5.90. The molecule has 0 bridgehead atoms. The number of carbonyl (C=O) groups excluding carboxylic acids is 2. The molecular formula is C19H24N4O4. The molecule has 0 saturated carbocycles. The number of unbranched alkanes of at least 4 members (excludes halogenated alkanes) is 1. The van der Waals surface area contributed by atoms with Gasteiger partial charge in [-0.3, -0.25) is 10.4 Å². The van der Waals surface area contributed by atoms with Gasteiger partial charge < -0.3 is 10.6 Å². The van der Waals surface area contributed by atoms with Crippen LogP contribution in [-0.4, -0.2) is 35.6 Å². The number of hydrogen-bond acceptors (Lipinski definition) is 4. The molecule has 0 atom stereocenters. The molecule has 8 nitrogen and oxygen atoms in total. The first kappa shape index (κ1) is 20.2. The zero-order chi connectivity index (χ0) is 19.6. The average Bonchev–Trinajstić information content (AvgIpc) is 2.70. The maximum Gasteiger partial charge on any atom is 0.345 e. The third-order valence-corrected chi connectivity index (χ3v) is 3.82. The molecule has 0 spiro atoms. The van der Waals surface area contributed by atoms with Crippen molar-refractivity contribution in [2.24, 2.45) is 0 Å². The number of nitrogens with zero attached hydrogens (tertiary/aromatic N) is 2. The molecule has 4 amide bonds. The predicted molar refractivity (Wildman–Crippen MR) is 102 cm³/mol. The van der Waals surface area contributed by atoms with Crippen molar-refractivity contribution in [1.29, 1.82) is 0 Å². The van der Waals surface area contributed by atoms with E-state index >= 15 is 0 Å². The standard InChI is InChI=1S/C19H24N4O4/c1-15-9-11-17(12-10-15)23(27)19(25)21-14-6-5-13-20-18(24)22(26)16-7-3-2-4-8-16/h2-4,7-12,26-27H,5-6,13-14H2,1H3,(H,20,24)(H,21,25). The third kappa shape index (κ3) is 6.28. The van der Waals surface area contributed by atoms with E-state index < -0.39 is 12.1 Å². The van der Waals surface area contributed by atoms with Crippen LogP contribution in [0.4, 0.5) is 21.0 Å². The minimum absolute atomic E-state index is 0.346. The smallest absolute Gasteiger partial charge is 0.336 e. The maximum atomic E-state index is 11.9. The van der Waals surface area contributed by atoms with E-state index in [1.54, 1.807) is 54.6 Å². The molecule has 4 N–H and O–H groups in total. The molecule has 0 aliphatic rings. The maximum absolute atomic E-state index is 11.9. The van der Waals surface area contributed by atoms with Crippen LogP contribution in [0.5, 0.6) is 0 Å². The lowest BCUT2D eigenvalue weighted by atomic mass is 10.2. The molecule has 0 unspecified atom stereocenters. The van der Waals surface area contributed by atoms with E-state index in [-0.39, 0.29) is 0 Å². The van der Waals surface area contributed by atoms with E-state index in [9.17, 15) is 20.0 Å². The molecule has 0 radical (unpaired) electrons. The number of aryl methyl sites for hydroxylation is 1. The second-order valence-electron chi connectivity index (χ2n) is 5.97. The second-order valence-corrected chi connectivity index (χ2v) is 5.97. The summed E-state index contributed by atoms with van der Waals surface area (Å²) in [6.07, 6.45) is 1.20. The zero-order valence-electron chi connectivity index (χ0n) is 15.1. The molecule has 0 aliphatic carbocycles. The lowest BCUT2D eigenvalue weighted by molar-refractivity contribution is 0.203. The molecule has 0 saturated heterocycles. The lowest BCUT2D eigenvalue weighted by Crippen LogP contribution is -2.39. The van der Waals surface area contributed by atoms with E-state index in [0.29, 0.717) is 47.4 Å². The zero-order valence-corrected chi connectivity index (χ0v) is 15.1. The van der Waals surface area contributed by atoms with E-state index in [1.807, 2.05) is 6.92 Å². The number of para-hydroxylation sites is 1. The van der Waals surface area contributed by atoms with Gasteiger partial charge in [-0.15, -0.1) is 0 Å². The molecule has 0 fully saturated rings. The summed E-state index contributed by atoms with van der Waals surface area (Å²) >= 11 is 0. The minimum Gasteiger partial charge on any atom is -0.336 e. The van der Waals surface area contributed by atoms with Gasteiger partial charge >= 0.3 is 12.1 Å². The van der Waals surface area contributed by atoms with E-state index in [1.165, 1.54) is 0 Å². The number of anilines is 2. The van der Waals surface area contributed by atoms with Gasteiger partial charge in [0.05, 0.1) is 11.4 Å². The molecule has 144 valence electrons. The Balaban J connectivity index is 1.62. The Labute approximate surface area is 157 Å². The normalized spacial score (nSPS) is 10.2. The number of nitrogens with one attached hydrogen (secondary N) is 2. The summed E-state index contributed by atoms with van der Waals surface area (Å²) in [5.41, 5.74) is 1.79. The predicted octanol–water partition coefficient (Wildman–Crippen LogP) is 3.29. The fourth-order valence-electron chi connectivity index (χ4n) is 2.28. The Morgan fingerprint density at radius 3 is 1.70 bits per heavy atom. The van der Waals surface area contributed by atoms with Crippen molar-refractivity contribution in [2.45, 2.75) is 19.8 Å². The van der Waals surface area contributed by atoms with Crippen LogP contribution in [0.3, 0.4) is 0 Å². The van der Waals surface area contributed by atoms with Gasteiger partial charge in [-0.25, -0.2) is 9.59 Å². The lowest BCUT2D eigenvalue weighted by Gasteiger charge is -2.16. The van der Waals surface area contributed by atoms with Gasteiger partial charge in [0.2, 0.25) is 0 Å². The SMILES string of the molecule is Cc1ccc(N(O)C(=O)NCCCCNC(=O)N(O)c2ccccc2)cc1. The van der Waals surface area contributed by atoms with Crippen LogP contribution < -0.4 is 20.8 Å². The Kier molecular flexibility index (Phi) is 7.60. The summed E-state index contributed by atoms with van der Waals surface area (Å²) < 4.78 is 0. The quantitative estimate of drug-likeness (QED) is 0.340. The summed E-state index contributed by atoms with van der Waals surface area (Å²) in [7, 11) is 0. The van der Waals surface area contributed by atoms with Crippen molar-refractivity contribution in [2.75, 3.05) is 23.2 Å². The van der Waals surface area contributed by atoms with Crippen molar-refractivity contribution in [3.8, 4) is 0 Å². The monoisotopic (exact) mass is 372 g/mol. The Morgan fingerprint density at radius 2 is 1.22 bits per heavy atom. The largest absolute Gasteiger partial charge is 0.345 e. The number of benzene rings is 2. The van der Waals surface area contributed by atoms with Crippen LogP contribution in [0.25, 0.3) is 0 Å². The van der Waals surface area contributed by atoms with Crippen LogP contribution in [0.1, 0.15) is 18.4 Å². The van der Waals surface area contributed by atoms with Crippen molar-refractivity contribution in [1.82, 2.24) is 10.6 Å². The van der Waals surface area contributed by atoms with Crippen LogP contribution in [0.2, 0.25) is 0 Å². The van der Waals surface area contributed by atoms with Gasteiger partial charge in [0.15, 0.2) is 0 Å². The minimum atomic E-state index is -0.619. The highest BCUT2D eigenvalue weighted by atomic mass is 16.5. The molecule has 2 aromatic rings. The van der Waals surface area contributed by atoms with Crippen molar-refractivity contribution < 1.29 is 20.0 Å². The first-order valence-electron chi connectivity index (χ1n) is 8.64. The van der Waals surface area contributed by atoms with Crippen LogP contribution >= 0.6 is 0 Å². The number of carbonyl (C=O) groups is 2. The fraction of sp³-hybridized carbons (Fsp3) is 0.263. The summed E-state index contributed by atoms with van der Waals surface area (Å²) in [6.45, 7) is 2.61. The summed E-state index contributed by atoms with van der Waals surface area (Å²) in [6, 6.07) is 14.1. The molecule has 0 aromatic heterocycles. The topological polar surface area (TPSA) is 105 Å². The number of amides is 4. The molecule has 2 rings (SSSR count). The first-order chi connectivity index (χ1) is 13.0. The van der Waals surface area contributed by atoms with Gasteiger partial charge in [-0.2, -0.15) is 10.1 Å². The van der Waals surface area contributed by atoms with Gasteiger partial charge in [-0.05, 0) is 44.0 Å². The molecule has 27 heavy (non-hydrogen) atoms. The second kappa shape index (κ2) is 10.1. The van der Waals surface area contributed by atoms with Gasteiger partial charge in [0, 0.05) is 13.1 Å². The molecule has 2 aromatic carbocycles. The first-order valence-corrected chi connectivity index (χ1v) is 8.64. The number of urea groups is 2. The Bertz CT molecular complexity index is 737. The summed E-state index contributed by atoms with van der Waals surface area (Å²) in [4.78, 5) is 23.7. The number of rotatable bonds is 7. The highest BCUT2D eigenvalue weighted by Gasteiger charge is 2.13. The van der Waals surface area contributed by atoms with E-state index in [4.69, 9.17) is 0 Å². The Morgan fingerprint density at radius 1 is 0.778 bits per heavy atom. The summed E-state index contributed by atoms with van der Waals surface area (Å²) in [5.74, 6) is 0. The summed E-state index contributed by atoms with van der Waals surface area (Å²) in [5, 5.41) is 25.9. The van der Waals surface area contributed by atoms with Crippen LogP contribution in [0.15, 0.2) is 54.6 Å². The van der Waals surface area contributed by atoms with Gasteiger partial charge in [-0.1, -0.05) is 35.9 Å². The van der Waals surface area contributed by atoms with E-state index in [0.717, 1.165) is 5.56 Å². The van der Waals surface area contributed by atoms with Crippen LogP contribution in [-0.2, 0) is 0 Å². The third-order valence-electron chi connectivity index (χ3n) is 3.82. The Hall–Kier alpha value is -3.10. The number of hydroxylamine groups is 2. The van der Waals surface area contributed by atoms with Crippen LogP contribution in [0, 0.1) is 6.92 Å². The van der Waals surface area contributed by atoms with Crippen molar-refractivity contribution in [3.05, 3.63) is 60.2 Å². The fourth-order valence-corrected chi connectivity index (χ4v) is 2.28. The molecular weight excluding hydrogens is 348 g/mol. The van der Waals surface area contributed by atoms with Crippen molar-refractivity contribution >= 4 is 23.4 Å². The highest BCUT2D eigenvalue weighted by Crippen LogP contribution is 2.13. The molecule has 0 heterocycles. The van der Waals surface area contributed by atoms with Crippen molar-refractivity contribution in [3.63, 3.8) is 0 Å². The average molecular weight is 372 g/mol. The van der Waals surface area contributed by atoms with Gasteiger partial charge in [0.25, 0.3) is 0 Å². The molecule has 0 aliphatic heterocycles. The van der Waals surface area contributed by atoms with Gasteiger partial charge in [0.1, 0.15) is 0 Å². The molecule has 8 heteroatoms.